The average molecular weight is 293 g/mol. The third kappa shape index (κ3) is 3.08. The van der Waals surface area contributed by atoms with Crippen molar-refractivity contribution in [1.82, 2.24) is 9.88 Å². The van der Waals surface area contributed by atoms with Crippen molar-refractivity contribution in [1.29, 1.82) is 0 Å². The van der Waals surface area contributed by atoms with Crippen LogP contribution in [0.15, 0.2) is 18.5 Å². The fraction of sp³-hybridized carbons (Fsp3) is 0.429. The van der Waals surface area contributed by atoms with Gasteiger partial charge in [0.1, 0.15) is 4.88 Å². The van der Waals surface area contributed by atoms with Gasteiger partial charge in [-0.2, -0.15) is 0 Å². The first-order chi connectivity index (χ1) is 9.50. The Morgan fingerprint density at radius 1 is 1.55 bits per heavy atom. The van der Waals surface area contributed by atoms with Crippen LogP contribution in [0.2, 0.25) is 0 Å². The summed E-state index contributed by atoms with van der Waals surface area (Å²) in [6.07, 6.45) is 3.58. The Morgan fingerprint density at radius 3 is 2.95 bits per heavy atom. The van der Waals surface area contributed by atoms with Gasteiger partial charge >= 0.3 is 0 Å². The Labute approximate surface area is 122 Å². The van der Waals surface area contributed by atoms with E-state index in [0.717, 1.165) is 10.1 Å². The van der Waals surface area contributed by atoms with Gasteiger partial charge in [-0.05, 0) is 19.9 Å². The Bertz CT molecular complexity index is 609. The number of hydrogen-bond donors (Lipinski definition) is 1. The molecular formula is C14H19N3O2S. The van der Waals surface area contributed by atoms with E-state index in [1.165, 1.54) is 11.3 Å². The van der Waals surface area contributed by atoms with Gasteiger partial charge < -0.3 is 15.4 Å². The van der Waals surface area contributed by atoms with Gasteiger partial charge in [-0.3, -0.25) is 9.78 Å². The number of pyridine rings is 1. The zero-order valence-corrected chi connectivity index (χ0v) is 12.7. The topological polar surface area (TPSA) is 68.5 Å². The van der Waals surface area contributed by atoms with Crippen LogP contribution in [0.3, 0.4) is 0 Å². The van der Waals surface area contributed by atoms with E-state index in [1.54, 1.807) is 24.3 Å². The molecule has 2 rings (SSSR count). The lowest BCUT2D eigenvalue weighted by atomic mass is 10.2. The van der Waals surface area contributed by atoms with Crippen LogP contribution in [0.4, 0.5) is 5.69 Å². The second-order valence-corrected chi connectivity index (χ2v) is 5.92. The lowest BCUT2D eigenvalue weighted by Crippen LogP contribution is -2.30. The van der Waals surface area contributed by atoms with Crippen LogP contribution in [-0.4, -0.2) is 42.1 Å². The number of nitrogens with two attached hydrogens (primary N) is 1. The van der Waals surface area contributed by atoms with Crippen LogP contribution in [0.25, 0.3) is 10.1 Å². The minimum atomic E-state index is -0.0731. The first-order valence-electron chi connectivity index (χ1n) is 6.49. The number of aromatic nitrogens is 1. The second kappa shape index (κ2) is 6.19. The van der Waals surface area contributed by atoms with E-state index in [9.17, 15) is 4.79 Å². The molecule has 0 unspecified atom stereocenters. The molecule has 5 nitrogen and oxygen atoms in total. The monoisotopic (exact) mass is 293 g/mol. The molecule has 2 aromatic heterocycles. The number of nitrogen functional groups attached to an aromatic ring is 1. The molecule has 20 heavy (non-hydrogen) atoms. The molecule has 0 radical (unpaired) electrons. The first kappa shape index (κ1) is 14.7. The molecule has 0 spiro atoms. The Kier molecular flexibility index (Phi) is 4.57. The number of hydrogen-bond acceptors (Lipinski definition) is 5. The van der Waals surface area contributed by atoms with Gasteiger partial charge in [0.15, 0.2) is 0 Å². The number of ether oxygens (including phenoxy) is 1. The highest BCUT2D eigenvalue weighted by atomic mass is 32.1. The predicted octanol–water partition coefficient (Wildman–Crippen LogP) is 2.38. The zero-order chi connectivity index (χ0) is 14.7. The van der Waals surface area contributed by atoms with E-state index in [4.69, 9.17) is 10.5 Å². The van der Waals surface area contributed by atoms with Crippen molar-refractivity contribution >= 4 is 33.0 Å². The van der Waals surface area contributed by atoms with E-state index in [0.29, 0.717) is 23.7 Å². The third-order valence-corrected chi connectivity index (χ3v) is 4.09. The molecule has 0 atom stereocenters. The van der Waals surface area contributed by atoms with Crippen molar-refractivity contribution in [3.05, 3.63) is 23.3 Å². The normalized spacial score (nSPS) is 11.2. The summed E-state index contributed by atoms with van der Waals surface area (Å²) >= 11 is 1.38. The number of nitrogens with zero attached hydrogens (tertiary/aromatic N) is 2. The molecular weight excluding hydrogens is 274 g/mol. The number of fused-ring (bicyclic) bond motifs is 1. The van der Waals surface area contributed by atoms with Gasteiger partial charge in [-0.1, -0.05) is 0 Å². The molecule has 0 saturated carbocycles. The van der Waals surface area contributed by atoms with Gasteiger partial charge in [0.2, 0.25) is 0 Å². The Morgan fingerprint density at radius 2 is 2.30 bits per heavy atom. The van der Waals surface area contributed by atoms with Gasteiger partial charge in [0.05, 0.1) is 23.1 Å². The molecule has 1 amide bonds. The highest BCUT2D eigenvalue weighted by molar-refractivity contribution is 7.21. The molecule has 0 bridgehead atoms. The summed E-state index contributed by atoms with van der Waals surface area (Å²) in [5.74, 6) is -0.0731. The van der Waals surface area contributed by atoms with Crippen LogP contribution >= 0.6 is 11.3 Å². The van der Waals surface area contributed by atoms with Gasteiger partial charge in [-0.15, -0.1) is 11.3 Å². The molecule has 108 valence electrons. The molecule has 0 aliphatic heterocycles. The largest absolute Gasteiger partial charge is 0.397 e. The summed E-state index contributed by atoms with van der Waals surface area (Å²) in [5.41, 5.74) is 6.59. The van der Waals surface area contributed by atoms with Crippen molar-refractivity contribution in [2.24, 2.45) is 0 Å². The fourth-order valence-electron chi connectivity index (χ4n) is 1.83. The summed E-state index contributed by atoms with van der Waals surface area (Å²) < 4.78 is 6.39. The van der Waals surface area contributed by atoms with E-state index in [-0.39, 0.29) is 12.0 Å². The summed E-state index contributed by atoms with van der Waals surface area (Å²) in [4.78, 5) is 18.6. The van der Waals surface area contributed by atoms with E-state index in [1.807, 2.05) is 19.9 Å². The minimum absolute atomic E-state index is 0.0731. The van der Waals surface area contributed by atoms with Crippen LogP contribution in [0, 0.1) is 0 Å². The average Bonchev–Trinajstić information content (AvgIpc) is 2.75. The number of carbonyl (C=O) groups is 1. The number of thiophene rings is 1. The van der Waals surface area contributed by atoms with E-state index in [2.05, 4.69) is 4.98 Å². The quantitative estimate of drug-likeness (QED) is 0.919. The molecule has 2 aromatic rings. The third-order valence-electron chi connectivity index (χ3n) is 2.95. The van der Waals surface area contributed by atoms with Gasteiger partial charge in [0.25, 0.3) is 5.91 Å². The highest BCUT2D eigenvalue weighted by Crippen LogP contribution is 2.33. The number of likely N-dealkylation sites (N-methyl/N-ethyl adjacent to an activating group) is 1. The molecule has 0 aliphatic rings. The molecule has 2 N–H and O–H groups in total. The molecule has 2 heterocycles. The van der Waals surface area contributed by atoms with E-state index >= 15 is 0 Å². The first-order valence-corrected chi connectivity index (χ1v) is 7.31. The lowest BCUT2D eigenvalue weighted by molar-refractivity contribution is 0.0535. The van der Waals surface area contributed by atoms with Crippen LogP contribution in [0.1, 0.15) is 23.5 Å². The number of carbonyl (C=O) groups excluding carboxylic acids is 1. The molecule has 0 aliphatic carbocycles. The van der Waals surface area contributed by atoms with Crippen molar-refractivity contribution in [2.45, 2.75) is 20.0 Å². The second-order valence-electron chi connectivity index (χ2n) is 4.86. The van der Waals surface area contributed by atoms with Crippen LogP contribution < -0.4 is 5.73 Å². The number of anilines is 1. The maximum absolute atomic E-state index is 12.4. The standard InChI is InChI=1S/C14H19N3O2S/c1-9(2)19-7-6-17(3)14(18)13-12(15)10-4-5-16-8-11(10)20-13/h4-5,8-9H,6-7,15H2,1-3H3. The molecule has 0 saturated heterocycles. The van der Waals surface area contributed by atoms with Crippen molar-refractivity contribution < 1.29 is 9.53 Å². The van der Waals surface area contributed by atoms with Crippen molar-refractivity contribution in [3.8, 4) is 0 Å². The zero-order valence-electron chi connectivity index (χ0n) is 11.9. The van der Waals surface area contributed by atoms with Crippen LogP contribution in [0.5, 0.6) is 0 Å². The van der Waals surface area contributed by atoms with Gasteiger partial charge in [-0.25, -0.2) is 0 Å². The summed E-state index contributed by atoms with van der Waals surface area (Å²) in [6, 6.07) is 1.83. The minimum Gasteiger partial charge on any atom is -0.397 e. The summed E-state index contributed by atoms with van der Waals surface area (Å²) in [7, 11) is 1.76. The van der Waals surface area contributed by atoms with Crippen LogP contribution in [-0.2, 0) is 4.74 Å². The molecule has 6 heteroatoms. The predicted molar refractivity (Wildman–Crippen MR) is 82.1 cm³/mol. The fourth-order valence-corrected chi connectivity index (χ4v) is 2.91. The SMILES string of the molecule is CC(C)OCCN(C)C(=O)c1sc2cnccc2c1N. The Hall–Kier alpha value is -1.66. The van der Waals surface area contributed by atoms with Crippen molar-refractivity contribution in [3.63, 3.8) is 0 Å². The van der Waals surface area contributed by atoms with Gasteiger partial charge in [0, 0.05) is 31.4 Å². The number of amides is 1. The highest BCUT2D eigenvalue weighted by Gasteiger charge is 2.19. The lowest BCUT2D eigenvalue weighted by Gasteiger charge is -2.17. The summed E-state index contributed by atoms with van der Waals surface area (Å²) in [6.45, 7) is 5.01. The Balaban J connectivity index is 2.12. The van der Waals surface area contributed by atoms with E-state index < -0.39 is 0 Å². The smallest absolute Gasteiger partial charge is 0.265 e. The maximum atomic E-state index is 12.4. The summed E-state index contributed by atoms with van der Waals surface area (Å²) in [5, 5.41) is 0.889. The maximum Gasteiger partial charge on any atom is 0.265 e. The number of rotatable bonds is 5. The molecule has 0 aromatic carbocycles. The molecule has 0 fully saturated rings. The van der Waals surface area contributed by atoms with Crippen molar-refractivity contribution in [2.75, 3.05) is 25.9 Å².